The topological polar surface area (TPSA) is 146 Å². The zero-order valence-corrected chi connectivity index (χ0v) is 19.5. The normalized spacial score (nSPS) is 35.7. The molecule has 5 N–H and O–H groups in total. The van der Waals surface area contributed by atoms with E-state index in [0.717, 1.165) is 0 Å². The van der Waals surface area contributed by atoms with E-state index >= 15 is 0 Å². The molecule has 9 heteroatoms. The van der Waals surface area contributed by atoms with Gasteiger partial charge in [0.1, 0.15) is 18.0 Å². The molecule has 0 radical (unpaired) electrons. The fourth-order valence-electron chi connectivity index (χ4n) is 5.14. The van der Waals surface area contributed by atoms with Gasteiger partial charge in [0, 0.05) is 31.2 Å². The van der Waals surface area contributed by atoms with Crippen LogP contribution in [0.4, 0.5) is 0 Å². The highest BCUT2D eigenvalue weighted by molar-refractivity contribution is 5.79. The van der Waals surface area contributed by atoms with Crippen molar-refractivity contribution in [3.8, 4) is 0 Å². The van der Waals surface area contributed by atoms with E-state index in [1.807, 2.05) is 13.8 Å². The standard InChI is InChI=1S/C23H41NO8/c1-13(27)9-16(6-7-18-15(3)32-20(12-26)23(18)30)10-21(28)24-8-4-5-17-14(2)31-19(11-25)22(17)29/h14-20,22-23,25-26,29-30H,4-12H2,1-3H3,(H,24,28)/t14-,15-,16?,17+,18+,19+,20+,22?,23?/m0/s1. The molecule has 2 aliphatic rings. The molecule has 0 spiro atoms. The fraction of sp³-hybridized carbons (Fsp3) is 0.913. The molecule has 1 amide bonds. The Kier molecular flexibility index (Phi) is 11.0. The summed E-state index contributed by atoms with van der Waals surface area (Å²) in [6, 6.07) is 0. The molecule has 0 aromatic carbocycles. The maximum absolute atomic E-state index is 12.4. The van der Waals surface area contributed by atoms with Gasteiger partial charge in [0.15, 0.2) is 0 Å². The quantitative estimate of drug-likeness (QED) is 0.245. The number of carbonyl (C=O) groups excluding carboxylic acids is 2. The third kappa shape index (κ3) is 7.46. The summed E-state index contributed by atoms with van der Waals surface area (Å²) in [6.45, 7) is 5.29. The largest absolute Gasteiger partial charge is 0.394 e. The monoisotopic (exact) mass is 459 g/mol. The first kappa shape index (κ1) is 27.1. The Bertz CT molecular complexity index is 603. The van der Waals surface area contributed by atoms with Crippen molar-refractivity contribution in [1.82, 2.24) is 5.32 Å². The van der Waals surface area contributed by atoms with E-state index in [2.05, 4.69) is 5.32 Å². The summed E-state index contributed by atoms with van der Waals surface area (Å²) in [7, 11) is 0. The van der Waals surface area contributed by atoms with E-state index in [-0.39, 0.29) is 61.3 Å². The number of hydrogen-bond acceptors (Lipinski definition) is 8. The Labute approximate surface area is 190 Å². The number of carbonyl (C=O) groups is 2. The van der Waals surface area contributed by atoms with Crippen molar-refractivity contribution < 1.29 is 39.5 Å². The van der Waals surface area contributed by atoms with E-state index in [0.29, 0.717) is 38.6 Å². The lowest BCUT2D eigenvalue weighted by Crippen LogP contribution is -2.32. The lowest BCUT2D eigenvalue weighted by molar-refractivity contribution is -0.122. The smallest absolute Gasteiger partial charge is 0.220 e. The molecule has 186 valence electrons. The van der Waals surface area contributed by atoms with E-state index in [1.165, 1.54) is 6.92 Å². The maximum Gasteiger partial charge on any atom is 0.220 e. The Balaban J connectivity index is 1.74. The van der Waals surface area contributed by atoms with Crippen LogP contribution < -0.4 is 5.32 Å². The summed E-state index contributed by atoms with van der Waals surface area (Å²) in [5.74, 6) is -0.413. The molecular formula is C23H41NO8. The molecule has 0 aromatic rings. The molecule has 2 rings (SSSR count). The Morgan fingerprint density at radius 2 is 1.44 bits per heavy atom. The van der Waals surface area contributed by atoms with Gasteiger partial charge in [0.25, 0.3) is 0 Å². The predicted octanol–water partition coefficient (Wildman–Crippen LogP) is 0.162. The number of amides is 1. The van der Waals surface area contributed by atoms with Gasteiger partial charge in [-0.3, -0.25) is 4.79 Å². The van der Waals surface area contributed by atoms with Gasteiger partial charge >= 0.3 is 0 Å². The molecule has 2 saturated heterocycles. The molecule has 9 nitrogen and oxygen atoms in total. The molecule has 0 aromatic heterocycles. The molecule has 32 heavy (non-hydrogen) atoms. The minimum absolute atomic E-state index is 0.0231. The summed E-state index contributed by atoms with van der Waals surface area (Å²) in [4.78, 5) is 24.1. The van der Waals surface area contributed by atoms with E-state index in [4.69, 9.17) is 9.47 Å². The van der Waals surface area contributed by atoms with Crippen LogP contribution in [0, 0.1) is 17.8 Å². The summed E-state index contributed by atoms with van der Waals surface area (Å²) in [5, 5.41) is 42.0. The zero-order valence-electron chi connectivity index (χ0n) is 19.5. The summed E-state index contributed by atoms with van der Waals surface area (Å²) < 4.78 is 11.1. The number of rotatable bonds is 13. The summed E-state index contributed by atoms with van der Waals surface area (Å²) in [5.41, 5.74) is 0. The highest BCUT2D eigenvalue weighted by Gasteiger charge is 2.41. The number of Topliss-reactive ketones (excluding diaryl/α,β-unsaturated/α-hetero) is 1. The van der Waals surface area contributed by atoms with Crippen molar-refractivity contribution in [3.63, 3.8) is 0 Å². The number of aliphatic hydroxyl groups excluding tert-OH is 4. The number of hydrogen-bond donors (Lipinski definition) is 5. The minimum atomic E-state index is -0.746. The van der Waals surface area contributed by atoms with Gasteiger partial charge in [-0.05, 0) is 52.4 Å². The zero-order chi connectivity index (χ0) is 23.8. The van der Waals surface area contributed by atoms with E-state index < -0.39 is 24.4 Å². The molecule has 0 aliphatic carbocycles. The third-order valence-electron chi connectivity index (χ3n) is 6.98. The molecule has 3 unspecified atom stereocenters. The summed E-state index contributed by atoms with van der Waals surface area (Å²) in [6.07, 6.45) is 0.247. The average molecular weight is 460 g/mol. The van der Waals surface area contributed by atoms with Crippen molar-refractivity contribution >= 4 is 11.7 Å². The van der Waals surface area contributed by atoms with Crippen LogP contribution >= 0.6 is 0 Å². The van der Waals surface area contributed by atoms with Crippen LogP contribution in [0.25, 0.3) is 0 Å². The fourth-order valence-corrected chi connectivity index (χ4v) is 5.14. The maximum atomic E-state index is 12.4. The lowest BCUT2D eigenvalue weighted by atomic mass is 9.85. The van der Waals surface area contributed by atoms with Crippen LogP contribution in [-0.2, 0) is 19.1 Å². The van der Waals surface area contributed by atoms with Crippen LogP contribution in [0.1, 0.15) is 59.3 Å². The average Bonchev–Trinajstić information content (AvgIpc) is 3.17. The van der Waals surface area contributed by atoms with Crippen molar-refractivity contribution in [1.29, 1.82) is 0 Å². The van der Waals surface area contributed by atoms with Gasteiger partial charge in [-0.25, -0.2) is 0 Å². The van der Waals surface area contributed by atoms with Crippen molar-refractivity contribution in [2.24, 2.45) is 17.8 Å². The second kappa shape index (κ2) is 13.0. The van der Waals surface area contributed by atoms with Gasteiger partial charge in [-0.1, -0.05) is 0 Å². The second-order valence-corrected chi connectivity index (χ2v) is 9.48. The first-order valence-electron chi connectivity index (χ1n) is 11.8. The van der Waals surface area contributed by atoms with E-state index in [1.54, 1.807) is 0 Å². The SMILES string of the molecule is CC(=O)CC(CC[C@H]1C(O)[C@@H](CO)O[C@H]1C)CC(=O)NCCC[C@H]1C(O)[C@@H](CO)O[C@H]1C. The molecule has 0 saturated carbocycles. The highest BCUT2D eigenvalue weighted by Crippen LogP contribution is 2.33. The van der Waals surface area contributed by atoms with Gasteiger partial charge in [0.2, 0.25) is 5.91 Å². The van der Waals surface area contributed by atoms with Crippen molar-refractivity contribution in [2.45, 2.75) is 95.9 Å². The van der Waals surface area contributed by atoms with Crippen LogP contribution in [0.2, 0.25) is 0 Å². The lowest BCUT2D eigenvalue weighted by Gasteiger charge is -2.21. The van der Waals surface area contributed by atoms with Crippen LogP contribution in [0.3, 0.4) is 0 Å². The number of nitrogens with one attached hydrogen (secondary N) is 1. The van der Waals surface area contributed by atoms with E-state index in [9.17, 15) is 30.0 Å². The van der Waals surface area contributed by atoms with Crippen molar-refractivity contribution in [3.05, 3.63) is 0 Å². The van der Waals surface area contributed by atoms with Crippen LogP contribution in [-0.4, -0.2) is 88.5 Å². The molecule has 2 fully saturated rings. The van der Waals surface area contributed by atoms with Gasteiger partial charge in [-0.2, -0.15) is 0 Å². The Morgan fingerprint density at radius 3 is 1.91 bits per heavy atom. The van der Waals surface area contributed by atoms with Crippen LogP contribution in [0.5, 0.6) is 0 Å². The Hall–Kier alpha value is -1.10. The summed E-state index contributed by atoms with van der Waals surface area (Å²) >= 11 is 0. The number of aliphatic hydroxyl groups is 4. The first-order valence-corrected chi connectivity index (χ1v) is 11.8. The van der Waals surface area contributed by atoms with Crippen molar-refractivity contribution in [2.75, 3.05) is 19.8 Å². The van der Waals surface area contributed by atoms with Gasteiger partial charge in [-0.15, -0.1) is 0 Å². The molecule has 0 bridgehead atoms. The number of ether oxygens (including phenoxy) is 2. The number of ketones is 1. The van der Waals surface area contributed by atoms with Gasteiger partial charge < -0.3 is 40.0 Å². The Morgan fingerprint density at radius 1 is 0.906 bits per heavy atom. The molecule has 9 atom stereocenters. The predicted molar refractivity (Wildman–Crippen MR) is 117 cm³/mol. The molecular weight excluding hydrogens is 418 g/mol. The highest BCUT2D eigenvalue weighted by atomic mass is 16.5. The minimum Gasteiger partial charge on any atom is -0.394 e. The second-order valence-electron chi connectivity index (χ2n) is 9.48. The molecule has 2 aliphatic heterocycles. The van der Waals surface area contributed by atoms with Gasteiger partial charge in [0.05, 0.1) is 37.6 Å². The third-order valence-corrected chi connectivity index (χ3v) is 6.98. The first-order chi connectivity index (χ1) is 15.2. The molecule has 2 heterocycles. The van der Waals surface area contributed by atoms with Crippen LogP contribution in [0.15, 0.2) is 0 Å².